The summed E-state index contributed by atoms with van der Waals surface area (Å²) < 4.78 is 25.8. The molecule has 18 heavy (non-hydrogen) atoms. The Balaban J connectivity index is 2.89. The van der Waals surface area contributed by atoms with Crippen LogP contribution in [0, 0.1) is 0 Å². The summed E-state index contributed by atoms with van der Waals surface area (Å²) in [5.74, 6) is -0.222. The van der Waals surface area contributed by atoms with Crippen molar-refractivity contribution in [1.29, 1.82) is 0 Å². The first-order chi connectivity index (χ1) is 8.51. The first kappa shape index (κ1) is 14.4. The van der Waals surface area contributed by atoms with Gasteiger partial charge in [-0.15, -0.1) is 6.58 Å². The van der Waals surface area contributed by atoms with Crippen LogP contribution in [0.2, 0.25) is 0 Å². The molecule has 0 aliphatic heterocycles. The smallest absolute Gasteiger partial charge is 0.251 e. The van der Waals surface area contributed by atoms with E-state index in [4.69, 9.17) is 0 Å². The molecule has 1 aromatic rings. The molecule has 0 aliphatic rings. The van der Waals surface area contributed by atoms with Gasteiger partial charge in [-0.2, -0.15) is 0 Å². The van der Waals surface area contributed by atoms with Crippen LogP contribution < -0.4 is 10.0 Å². The molecular formula is C12H16N2O3S. The Morgan fingerprint density at radius 3 is 2.44 bits per heavy atom. The van der Waals surface area contributed by atoms with Gasteiger partial charge in [0.15, 0.2) is 0 Å². The fraction of sp³-hybridized carbons (Fsp3) is 0.250. The molecule has 1 amide bonds. The Morgan fingerprint density at radius 2 is 1.94 bits per heavy atom. The van der Waals surface area contributed by atoms with Gasteiger partial charge in [0.2, 0.25) is 10.0 Å². The van der Waals surface area contributed by atoms with Crippen molar-refractivity contribution in [2.45, 2.75) is 11.8 Å². The Kier molecular flexibility index (Phi) is 5.06. The molecule has 0 aromatic heterocycles. The van der Waals surface area contributed by atoms with E-state index in [2.05, 4.69) is 16.6 Å². The van der Waals surface area contributed by atoms with E-state index in [1.807, 2.05) is 6.92 Å². The molecule has 0 atom stereocenters. The predicted molar refractivity (Wildman–Crippen MR) is 69.8 cm³/mol. The maximum absolute atomic E-state index is 11.7. The molecule has 0 heterocycles. The van der Waals surface area contributed by atoms with E-state index < -0.39 is 10.0 Å². The molecule has 0 radical (unpaired) electrons. The van der Waals surface area contributed by atoms with Crippen LogP contribution in [0.3, 0.4) is 0 Å². The summed E-state index contributed by atoms with van der Waals surface area (Å²) in [6, 6.07) is 5.76. The summed E-state index contributed by atoms with van der Waals surface area (Å²) in [5, 5.41) is 2.64. The number of benzene rings is 1. The highest BCUT2D eigenvalue weighted by atomic mass is 32.2. The van der Waals surface area contributed by atoms with Gasteiger partial charge in [-0.05, 0) is 31.2 Å². The average molecular weight is 268 g/mol. The molecule has 0 saturated heterocycles. The van der Waals surface area contributed by atoms with Crippen LogP contribution >= 0.6 is 0 Å². The van der Waals surface area contributed by atoms with Gasteiger partial charge < -0.3 is 5.32 Å². The fourth-order valence-electron chi connectivity index (χ4n) is 1.30. The number of carbonyl (C=O) groups is 1. The normalized spacial score (nSPS) is 10.9. The van der Waals surface area contributed by atoms with Crippen LogP contribution in [0.1, 0.15) is 17.3 Å². The molecule has 0 aliphatic carbocycles. The van der Waals surface area contributed by atoms with Crippen molar-refractivity contribution in [1.82, 2.24) is 10.0 Å². The van der Waals surface area contributed by atoms with E-state index >= 15 is 0 Å². The third-order valence-corrected chi connectivity index (χ3v) is 3.62. The van der Waals surface area contributed by atoms with Gasteiger partial charge in [0.25, 0.3) is 5.91 Å². The lowest BCUT2D eigenvalue weighted by molar-refractivity contribution is 0.0955. The van der Waals surface area contributed by atoms with Crippen LogP contribution in [0.25, 0.3) is 0 Å². The number of rotatable bonds is 6. The third-order valence-electron chi connectivity index (χ3n) is 2.18. The first-order valence-corrected chi connectivity index (χ1v) is 6.98. The van der Waals surface area contributed by atoms with Gasteiger partial charge >= 0.3 is 0 Å². The Hall–Kier alpha value is -1.66. The predicted octanol–water partition coefficient (Wildman–Crippen LogP) is 0.901. The first-order valence-electron chi connectivity index (χ1n) is 5.50. The molecule has 5 nitrogen and oxygen atoms in total. The zero-order valence-electron chi connectivity index (χ0n) is 10.1. The minimum Gasteiger partial charge on any atom is -0.352 e. The van der Waals surface area contributed by atoms with Gasteiger partial charge in [-0.3, -0.25) is 4.79 Å². The second-order valence-electron chi connectivity index (χ2n) is 3.52. The van der Waals surface area contributed by atoms with Gasteiger partial charge in [-0.25, -0.2) is 13.1 Å². The molecule has 0 unspecified atom stereocenters. The summed E-state index contributed by atoms with van der Waals surface area (Å²) in [4.78, 5) is 11.6. The number of carbonyl (C=O) groups excluding carboxylic acids is 1. The summed E-state index contributed by atoms with van der Waals surface area (Å²) in [6.45, 7) is 5.95. The van der Waals surface area contributed by atoms with Gasteiger partial charge in [0.05, 0.1) is 4.90 Å². The Bertz CT molecular complexity index is 521. The van der Waals surface area contributed by atoms with Gasteiger partial charge in [0, 0.05) is 18.7 Å². The molecule has 0 bridgehead atoms. The highest BCUT2D eigenvalue weighted by molar-refractivity contribution is 7.89. The minimum atomic E-state index is -3.53. The van der Waals surface area contributed by atoms with E-state index in [1.54, 1.807) is 0 Å². The van der Waals surface area contributed by atoms with E-state index in [0.29, 0.717) is 12.1 Å². The van der Waals surface area contributed by atoms with Crippen LogP contribution in [0.5, 0.6) is 0 Å². The van der Waals surface area contributed by atoms with Crippen molar-refractivity contribution in [3.8, 4) is 0 Å². The maximum Gasteiger partial charge on any atom is 0.251 e. The number of sulfonamides is 1. The van der Waals surface area contributed by atoms with Crippen molar-refractivity contribution >= 4 is 15.9 Å². The van der Waals surface area contributed by atoms with Crippen molar-refractivity contribution < 1.29 is 13.2 Å². The quantitative estimate of drug-likeness (QED) is 0.753. The van der Waals surface area contributed by atoms with Crippen LogP contribution in [0.15, 0.2) is 41.8 Å². The Labute approximate surface area is 107 Å². The number of amides is 1. The topological polar surface area (TPSA) is 75.3 Å². The molecule has 6 heteroatoms. The van der Waals surface area contributed by atoms with Crippen LogP contribution in [0.4, 0.5) is 0 Å². The molecule has 98 valence electrons. The van der Waals surface area contributed by atoms with Crippen LogP contribution in [-0.4, -0.2) is 27.4 Å². The maximum atomic E-state index is 11.7. The summed E-state index contributed by atoms with van der Waals surface area (Å²) in [6.07, 6.45) is 1.46. The number of hydrogen-bond donors (Lipinski definition) is 2. The summed E-state index contributed by atoms with van der Waals surface area (Å²) >= 11 is 0. The summed E-state index contributed by atoms with van der Waals surface area (Å²) in [5.41, 5.74) is 0.430. The SMILES string of the molecule is C=CCNS(=O)(=O)c1ccc(C(=O)NCC)cc1. The molecule has 1 aromatic carbocycles. The highest BCUT2D eigenvalue weighted by Crippen LogP contribution is 2.10. The van der Waals surface area contributed by atoms with Gasteiger partial charge in [-0.1, -0.05) is 6.08 Å². The van der Waals surface area contributed by atoms with E-state index in [0.717, 1.165) is 0 Å². The lowest BCUT2D eigenvalue weighted by Crippen LogP contribution is -2.24. The van der Waals surface area contributed by atoms with E-state index in [-0.39, 0.29) is 17.3 Å². The minimum absolute atomic E-state index is 0.123. The third kappa shape index (κ3) is 3.68. The fourth-order valence-corrected chi connectivity index (χ4v) is 2.30. The van der Waals surface area contributed by atoms with E-state index in [9.17, 15) is 13.2 Å². The van der Waals surface area contributed by atoms with Crippen molar-refractivity contribution in [2.75, 3.05) is 13.1 Å². The second kappa shape index (κ2) is 6.32. The molecule has 0 fully saturated rings. The average Bonchev–Trinajstić information content (AvgIpc) is 2.37. The van der Waals surface area contributed by atoms with Crippen molar-refractivity contribution in [2.24, 2.45) is 0 Å². The monoisotopic (exact) mass is 268 g/mol. The lowest BCUT2D eigenvalue weighted by Gasteiger charge is -2.06. The zero-order valence-corrected chi connectivity index (χ0v) is 11.0. The lowest BCUT2D eigenvalue weighted by atomic mass is 10.2. The second-order valence-corrected chi connectivity index (χ2v) is 5.29. The van der Waals surface area contributed by atoms with Gasteiger partial charge in [0.1, 0.15) is 0 Å². The number of nitrogens with one attached hydrogen (secondary N) is 2. The number of hydrogen-bond acceptors (Lipinski definition) is 3. The van der Waals surface area contributed by atoms with Crippen molar-refractivity contribution in [3.63, 3.8) is 0 Å². The molecule has 0 saturated carbocycles. The van der Waals surface area contributed by atoms with Crippen molar-refractivity contribution in [3.05, 3.63) is 42.5 Å². The standard InChI is InChI=1S/C12H16N2O3S/c1-3-9-14-18(16,17)11-7-5-10(6-8-11)12(15)13-4-2/h3,5-8,14H,1,4,9H2,2H3,(H,13,15). The zero-order chi connectivity index (χ0) is 13.6. The summed E-state index contributed by atoms with van der Waals surface area (Å²) in [7, 11) is -3.53. The molecule has 2 N–H and O–H groups in total. The molecular weight excluding hydrogens is 252 g/mol. The molecule has 0 spiro atoms. The molecule has 1 rings (SSSR count). The largest absolute Gasteiger partial charge is 0.352 e. The van der Waals surface area contributed by atoms with E-state index in [1.165, 1.54) is 30.3 Å². The Morgan fingerprint density at radius 1 is 1.33 bits per heavy atom. The highest BCUT2D eigenvalue weighted by Gasteiger charge is 2.13. The van der Waals surface area contributed by atoms with Crippen LogP contribution in [-0.2, 0) is 10.0 Å².